The first kappa shape index (κ1) is 17.1. The molecule has 2 rings (SSSR count). The molecule has 1 N–H and O–H groups in total. The standard InChI is InChI=1S/C17H23NO5/c1-11(19)13-5-7-15(20)18(10-13)9-8-12-4-6-14(22-2)17(23-3)16(12)21/h4,6,13,21H,5,7-10H2,1-3H3. The molecule has 1 unspecified atom stereocenters. The lowest BCUT2D eigenvalue weighted by atomic mass is 9.94. The molecule has 0 spiro atoms. The molecule has 0 bridgehead atoms. The predicted octanol–water partition coefficient (Wildman–Crippen LogP) is 1.78. The molecule has 1 fully saturated rings. The van der Waals surface area contributed by atoms with Crippen LogP contribution < -0.4 is 9.47 Å². The van der Waals surface area contributed by atoms with Gasteiger partial charge in [-0.2, -0.15) is 0 Å². The first-order valence-corrected chi connectivity index (χ1v) is 7.69. The number of benzene rings is 1. The molecule has 126 valence electrons. The fourth-order valence-electron chi connectivity index (χ4n) is 2.87. The van der Waals surface area contributed by atoms with Crippen molar-refractivity contribution in [3.63, 3.8) is 0 Å². The molecule has 0 radical (unpaired) electrons. The van der Waals surface area contributed by atoms with E-state index in [0.717, 1.165) is 0 Å². The van der Waals surface area contributed by atoms with Gasteiger partial charge in [0, 0.05) is 25.4 Å². The Morgan fingerprint density at radius 2 is 2.09 bits per heavy atom. The minimum atomic E-state index is -0.0771. The summed E-state index contributed by atoms with van der Waals surface area (Å²) in [6.45, 7) is 2.49. The van der Waals surface area contributed by atoms with Gasteiger partial charge in [0.2, 0.25) is 11.7 Å². The minimum Gasteiger partial charge on any atom is -0.504 e. The lowest BCUT2D eigenvalue weighted by Crippen LogP contribution is -2.43. The number of ketones is 1. The Hall–Kier alpha value is -2.24. The second kappa shape index (κ2) is 7.35. The lowest BCUT2D eigenvalue weighted by Gasteiger charge is -2.31. The second-order valence-electron chi connectivity index (χ2n) is 5.74. The molecule has 1 atom stereocenters. The maximum atomic E-state index is 12.0. The van der Waals surface area contributed by atoms with Gasteiger partial charge in [-0.3, -0.25) is 9.59 Å². The van der Waals surface area contributed by atoms with Gasteiger partial charge in [0.1, 0.15) is 5.78 Å². The summed E-state index contributed by atoms with van der Waals surface area (Å²) in [6, 6.07) is 3.48. The first-order valence-electron chi connectivity index (χ1n) is 7.69. The monoisotopic (exact) mass is 321 g/mol. The van der Waals surface area contributed by atoms with E-state index in [1.54, 1.807) is 24.0 Å². The van der Waals surface area contributed by atoms with Crippen LogP contribution in [0.1, 0.15) is 25.3 Å². The van der Waals surface area contributed by atoms with Gasteiger partial charge in [0.05, 0.1) is 14.2 Å². The van der Waals surface area contributed by atoms with E-state index >= 15 is 0 Å². The average molecular weight is 321 g/mol. The van der Waals surface area contributed by atoms with Crippen LogP contribution in [0.4, 0.5) is 0 Å². The summed E-state index contributed by atoms with van der Waals surface area (Å²) in [7, 11) is 2.97. The zero-order chi connectivity index (χ0) is 17.0. The van der Waals surface area contributed by atoms with Crippen LogP contribution in [0.2, 0.25) is 0 Å². The predicted molar refractivity (Wildman–Crippen MR) is 84.9 cm³/mol. The van der Waals surface area contributed by atoms with Gasteiger partial charge in [-0.1, -0.05) is 6.07 Å². The summed E-state index contributed by atoms with van der Waals surface area (Å²) in [6.07, 6.45) is 1.52. The maximum Gasteiger partial charge on any atom is 0.222 e. The number of rotatable bonds is 6. The molecular formula is C17H23NO5. The maximum absolute atomic E-state index is 12.0. The van der Waals surface area contributed by atoms with Gasteiger partial charge in [0.25, 0.3) is 0 Å². The summed E-state index contributed by atoms with van der Waals surface area (Å²) >= 11 is 0. The van der Waals surface area contributed by atoms with Crippen molar-refractivity contribution in [1.29, 1.82) is 0 Å². The van der Waals surface area contributed by atoms with E-state index in [1.807, 2.05) is 0 Å². The Kier molecular flexibility index (Phi) is 5.47. The number of ether oxygens (including phenoxy) is 2. The quantitative estimate of drug-likeness (QED) is 0.864. The number of piperidine rings is 1. The van der Waals surface area contributed by atoms with Gasteiger partial charge in [0.15, 0.2) is 11.5 Å². The SMILES string of the molecule is COc1ccc(CCN2CC(C(C)=O)CCC2=O)c(O)c1OC. The molecule has 0 saturated carbocycles. The normalized spacial score (nSPS) is 18.0. The smallest absolute Gasteiger partial charge is 0.222 e. The van der Waals surface area contributed by atoms with E-state index in [-0.39, 0.29) is 29.1 Å². The molecule has 6 nitrogen and oxygen atoms in total. The van der Waals surface area contributed by atoms with Gasteiger partial charge in [-0.15, -0.1) is 0 Å². The number of hydrogen-bond acceptors (Lipinski definition) is 5. The van der Waals surface area contributed by atoms with E-state index in [0.29, 0.717) is 43.7 Å². The van der Waals surface area contributed by atoms with Crippen LogP contribution in [-0.2, 0) is 16.0 Å². The van der Waals surface area contributed by atoms with Crippen molar-refractivity contribution in [3.8, 4) is 17.2 Å². The van der Waals surface area contributed by atoms with Crippen LogP contribution >= 0.6 is 0 Å². The van der Waals surface area contributed by atoms with Gasteiger partial charge < -0.3 is 19.5 Å². The molecule has 1 saturated heterocycles. The molecule has 1 aromatic rings. The molecule has 1 amide bonds. The van der Waals surface area contributed by atoms with Crippen LogP contribution in [0.25, 0.3) is 0 Å². The number of nitrogens with zero attached hydrogens (tertiary/aromatic N) is 1. The molecule has 0 aromatic heterocycles. The Morgan fingerprint density at radius 3 is 2.70 bits per heavy atom. The third kappa shape index (κ3) is 3.75. The van der Waals surface area contributed by atoms with Crippen molar-refractivity contribution in [2.75, 3.05) is 27.3 Å². The van der Waals surface area contributed by atoms with Gasteiger partial charge in [-0.05, 0) is 31.4 Å². The zero-order valence-corrected chi connectivity index (χ0v) is 13.8. The highest BCUT2D eigenvalue weighted by atomic mass is 16.5. The fraction of sp³-hybridized carbons (Fsp3) is 0.529. The average Bonchev–Trinajstić information content (AvgIpc) is 2.54. The number of likely N-dealkylation sites (tertiary alicyclic amines) is 1. The summed E-state index contributed by atoms with van der Waals surface area (Å²) in [4.78, 5) is 25.2. The summed E-state index contributed by atoms with van der Waals surface area (Å²) in [5.41, 5.74) is 0.681. The van der Waals surface area contributed by atoms with E-state index in [9.17, 15) is 14.7 Å². The van der Waals surface area contributed by atoms with E-state index in [1.165, 1.54) is 14.2 Å². The Balaban J connectivity index is 2.08. The highest BCUT2D eigenvalue weighted by Crippen LogP contribution is 2.39. The van der Waals surface area contributed by atoms with Crippen LogP contribution in [0, 0.1) is 5.92 Å². The molecule has 1 aliphatic rings. The summed E-state index contributed by atoms with van der Waals surface area (Å²) in [5, 5.41) is 10.3. The van der Waals surface area contributed by atoms with E-state index in [2.05, 4.69) is 0 Å². The van der Waals surface area contributed by atoms with Crippen LogP contribution in [-0.4, -0.2) is 49.0 Å². The number of phenols is 1. The molecule has 1 aromatic carbocycles. The minimum absolute atomic E-state index is 0.0272. The summed E-state index contributed by atoms with van der Waals surface area (Å²) in [5.74, 6) is 0.876. The number of hydrogen-bond donors (Lipinski definition) is 1. The van der Waals surface area contributed by atoms with Crippen molar-refractivity contribution in [3.05, 3.63) is 17.7 Å². The van der Waals surface area contributed by atoms with Crippen molar-refractivity contribution >= 4 is 11.7 Å². The number of carbonyl (C=O) groups excluding carboxylic acids is 2. The highest BCUT2D eigenvalue weighted by molar-refractivity contribution is 5.83. The fourth-order valence-corrected chi connectivity index (χ4v) is 2.87. The van der Waals surface area contributed by atoms with Crippen LogP contribution in [0.5, 0.6) is 17.2 Å². The van der Waals surface area contributed by atoms with Gasteiger partial charge >= 0.3 is 0 Å². The summed E-state index contributed by atoms with van der Waals surface area (Å²) < 4.78 is 10.3. The van der Waals surface area contributed by atoms with Crippen molar-refractivity contribution in [1.82, 2.24) is 4.90 Å². The van der Waals surface area contributed by atoms with Gasteiger partial charge in [-0.25, -0.2) is 0 Å². The molecule has 23 heavy (non-hydrogen) atoms. The second-order valence-corrected chi connectivity index (χ2v) is 5.74. The number of amides is 1. The topological polar surface area (TPSA) is 76.1 Å². The third-order valence-corrected chi connectivity index (χ3v) is 4.33. The van der Waals surface area contributed by atoms with Crippen molar-refractivity contribution < 1.29 is 24.2 Å². The third-order valence-electron chi connectivity index (χ3n) is 4.33. The van der Waals surface area contributed by atoms with Crippen LogP contribution in [0.15, 0.2) is 12.1 Å². The molecule has 6 heteroatoms. The number of phenolic OH excluding ortho intramolecular Hbond substituents is 1. The Labute approximate surface area is 136 Å². The van der Waals surface area contributed by atoms with E-state index < -0.39 is 0 Å². The Bertz CT molecular complexity index is 599. The first-order chi connectivity index (χ1) is 11.0. The molecule has 1 aliphatic heterocycles. The van der Waals surface area contributed by atoms with Crippen molar-refractivity contribution in [2.24, 2.45) is 5.92 Å². The number of aromatic hydroxyl groups is 1. The lowest BCUT2D eigenvalue weighted by molar-refractivity contribution is -0.137. The van der Waals surface area contributed by atoms with Crippen molar-refractivity contribution in [2.45, 2.75) is 26.2 Å². The molecule has 1 heterocycles. The highest BCUT2D eigenvalue weighted by Gasteiger charge is 2.28. The molecular weight excluding hydrogens is 298 g/mol. The van der Waals surface area contributed by atoms with Crippen LogP contribution in [0.3, 0.4) is 0 Å². The number of carbonyl (C=O) groups is 2. The number of Topliss-reactive ketones (excluding diaryl/α,β-unsaturated/α-hetero) is 1. The number of methoxy groups -OCH3 is 2. The Morgan fingerprint density at radius 1 is 1.35 bits per heavy atom. The largest absolute Gasteiger partial charge is 0.504 e. The molecule has 0 aliphatic carbocycles. The van der Waals surface area contributed by atoms with E-state index in [4.69, 9.17) is 9.47 Å². The zero-order valence-electron chi connectivity index (χ0n) is 13.8.